The van der Waals surface area contributed by atoms with E-state index in [0.29, 0.717) is 6.42 Å². The molecule has 0 fully saturated rings. The van der Waals surface area contributed by atoms with Gasteiger partial charge >= 0.3 is 0 Å². The Labute approximate surface area is 105 Å². The highest BCUT2D eigenvalue weighted by Gasteiger charge is 2.13. The number of ketones is 1. The van der Waals surface area contributed by atoms with Crippen LogP contribution in [0.2, 0.25) is 0 Å². The summed E-state index contributed by atoms with van der Waals surface area (Å²) in [6.45, 7) is 8.39. The molecule has 0 aliphatic rings. The lowest BCUT2D eigenvalue weighted by molar-refractivity contribution is -0.115. The summed E-state index contributed by atoms with van der Waals surface area (Å²) in [5, 5.41) is 0. The molecule has 17 heavy (non-hydrogen) atoms. The zero-order chi connectivity index (χ0) is 12.9. The lowest BCUT2D eigenvalue weighted by Gasteiger charge is -2.17. The van der Waals surface area contributed by atoms with Crippen molar-refractivity contribution in [1.29, 1.82) is 0 Å². The zero-order valence-corrected chi connectivity index (χ0v) is 11.3. The molecule has 0 spiro atoms. The van der Waals surface area contributed by atoms with Gasteiger partial charge in [-0.3, -0.25) is 4.79 Å². The van der Waals surface area contributed by atoms with Gasteiger partial charge in [0, 0.05) is 6.42 Å². The first-order valence-corrected chi connectivity index (χ1v) is 6.15. The summed E-state index contributed by atoms with van der Waals surface area (Å²) in [7, 11) is 0. The predicted octanol–water partition coefficient (Wildman–Crippen LogP) is 4.49. The summed E-state index contributed by atoms with van der Waals surface area (Å²) in [5.41, 5.74) is 2.16. The molecule has 92 valence electrons. The van der Waals surface area contributed by atoms with Crippen LogP contribution in [0.1, 0.15) is 46.1 Å². The van der Waals surface area contributed by atoms with Crippen molar-refractivity contribution in [3.8, 4) is 0 Å². The van der Waals surface area contributed by atoms with Gasteiger partial charge in [0.25, 0.3) is 0 Å². The highest BCUT2D eigenvalue weighted by molar-refractivity contribution is 5.98. The number of carbonyl (C=O) groups excluding carboxylic acids is 1. The predicted molar refractivity (Wildman–Crippen MR) is 73.8 cm³/mol. The summed E-state index contributed by atoms with van der Waals surface area (Å²) in [6.07, 6.45) is 3.54. The minimum Gasteiger partial charge on any atom is -0.295 e. The monoisotopic (exact) mass is 230 g/mol. The maximum absolute atomic E-state index is 11.9. The van der Waals surface area contributed by atoms with Crippen molar-refractivity contribution >= 4 is 11.9 Å². The van der Waals surface area contributed by atoms with Crippen molar-refractivity contribution in [2.24, 2.45) is 5.41 Å². The van der Waals surface area contributed by atoms with Crippen LogP contribution in [0.4, 0.5) is 0 Å². The Morgan fingerprint density at radius 2 is 1.76 bits per heavy atom. The van der Waals surface area contributed by atoms with Crippen LogP contribution < -0.4 is 0 Å². The molecular weight excluding hydrogens is 208 g/mol. The van der Waals surface area contributed by atoms with Crippen molar-refractivity contribution in [3.05, 3.63) is 41.5 Å². The van der Waals surface area contributed by atoms with Gasteiger partial charge in [0.05, 0.1) is 0 Å². The summed E-state index contributed by atoms with van der Waals surface area (Å²) >= 11 is 0. The van der Waals surface area contributed by atoms with Gasteiger partial charge in [-0.15, -0.1) is 0 Å². The molecule has 0 unspecified atom stereocenters. The average Bonchev–Trinajstić information content (AvgIpc) is 2.26. The summed E-state index contributed by atoms with van der Waals surface area (Å²) in [6, 6.07) is 9.98. The molecule has 0 saturated heterocycles. The molecule has 1 heteroatoms. The van der Waals surface area contributed by atoms with Crippen molar-refractivity contribution in [3.63, 3.8) is 0 Å². The highest BCUT2D eigenvalue weighted by atomic mass is 16.1. The number of Topliss-reactive ketones (excluding diaryl/α,β-unsaturated/α-hetero) is 1. The minimum atomic E-state index is 0.225. The average molecular weight is 230 g/mol. The number of hydrogen-bond acceptors (Lipinski definition) is 1. The van der Waals surface area contributed by atoms with Gasteiger partial charge in [-0.25, -0.2) is 0 Å². The van der Waals surface area contributed by atoms with Gasteiger partial charge in [-0.2, -0.15) is 0 Å². The number of benzene rings is 1. The summed E-state index contributed by atoms with van der Waals surface area (Å²) < 4.78 is 0. The molecule has 0 saturated carbocycles. The zero-order valence-electron chi connectivity index (χ0n) is 11.3. The quantitative estimate of drug-likeness (QED) is 0.697. The third-order valence-electron chi connectivity index (χ3n) is 2.72. The number of hydrogen-bond donors (Lipinski definition) is 0. The van der Waals surface area contributed by atoms with E-state index in [0.717, 1.165) is 17.6 Å². The van der Waals surface area contributed by atoms with Crippen LogP contribution in [0.5, 0.6) is 0 Å². The fourth-order valence-corrected chi connectivity index (χ4v) is 1.57. The maximum Gasteiger partial charge on any atom is 0.158 e. The summed E-state index contributed by atoms with van der Waals surface area (Å²) in [4.78, 5) is 11.9. The molecular formula is C16H22O. The molecule has 0 radical (unpaired) electrons. The van der Waals surface area contributed by atoms with Crippen molar-refractivity contribution < 1.29 is 4.79 Å². The second-order valence-electron chi connectivity index (χ2n) is 5.72. The van der Waals surface area contributed by atoms with E-state index >= 15 is 0 Å². The van der Waals surface area contributed by atoms with Crippen LogP contribution in [-0.2, 0) is 4.79 Å². The molecule has 0 aromatic heterocycles. The van der Waals surface area contributed by atoms with E-state index in [1.165, 1.54) is 0 Å². The minimum absolute atomic E-state index is 0.225. The van der Waals surface area contributed by atoms with Crippen molar-refractivity contribution in [1.82, 2.24) is 0 Å². The molecule has 0 atom stereocenters. The van der Waals surface area contributed by atoms with E-state index in [2.05, 4.69) is 20.8 Å². The Bertz CT molecular complexity index is 393. The van der Waals surface area contributed by atoms with E-state index < -0.39 is 0 Å². The molecule has 1 aromatic carbocycles. The van der Waals surface area contributed by atoms with E-state index in [-0.39, 0.29) is 11.2 Å². The Morgan fingerprint density at radius 3 is 2.29 bits per heavy atom. The van der Waals surface area contributed by atoms with Crippen LogP contribution in [-0.4, -0.2) is 5.78 Å². The molecule has 0 amide bonds. The van der Waals surface area contributed by atoms with Crippen LogP contribution >= 0.6 is 0 Å². The topological polar surface area (TPSA) is 17.1 Å². The van der Waals surface area contributed by atoms with Crippen LogP contribution in [0.15, 0.2) is 35.9 Å². The molecule has 0 heterocycles. The van der Waals surface area contributed by atoms with Crippen molar-refractivity contribution in [2.75, 3.05) is 0 Å². The van der Waals surface area contributed by atoms with Crippen LogP contribution in [0.3, 0.4) is 0 Å². The van der Waals surface area contributed by atoms with E-state index in [1.54, 1.807) is 0 Å². The summed E-state index contributed by atoms with van der Waals surface area (Å²) in [5.74, 6) is 0.253. The first kappa shape index (κ1) is 13.7. The second-order valence-corrected chi connectivity index (χ2v) is 5.72. The van der Waals surface area contributed by atoms with Crippen LogP contribution in [0.25, 0.3) is 6.08 Å². The first-order valence-electron chi connectivity index (χ1n) is 6.15. The SMILES string of the molecule is C/C(=C\c1ccccc1)C(=O)CCC(C)(C)C. The Balaban J connectivity index is 2.61. The highest BCUT2D eigenvalue weighted by Crippen LogP contribution is 2.22. The third kappa shape index (κ3) is 5.48. The largest absolute Gasteiger partial charge is 0.295 e. The van der Waals surface area contributed by atoms with Gasteiger partial charge in [0.1, 0.15) is 0 Å². The molecule has 0 aliphatic heterocycles. The lowest BCUT2D eigenvalue weighted by atomic mass is 9.88. The van der Waals surface area contributed by atoms with Crippen LogP contribution in [0, 0.1) is 5.41 Å². The fraction of sp³-hybridized carbons (Fsp3) is 0.438. The maximum atomic E-state index is 11.9. The molecule has 1 nitrogen and oxygen atoms in total. The fourth-order valence-electron chi connectivity index (χ4n) is 1.57. The van der Waals surface area contributed by atoms with Gasteiger partial charge in [-0.1, -0.05) is 51.1 Å². The molecule has 0 N–H and O–H groups in total. The first-order chi connectivity index (χ1) is 7.88. The van der Waals surface area contributed by atoms with Crippen molar-refractivity contribution in [2.45, 2.75) is 40.5 Å². The standard InChI is InChI=1S/C16H22O/c1-13(12-14-8-6-5-7-9-14)15(17)10-11-16(2,3)4/h5-9,12H,10-11H2,1-4H3/b13-12+. The normalized spacial score (nSPS) is 12.6. The molecule has 1 aromatic rings. The Hall–Kier alpha value is -1.37. The van der Waals surface area contributed by atoms with Gasteiger partial charge in [-0.05, 0) is 36.0 Å². The molecule has 0 bridgehead atoms. The second kappa shape index (κ2) is 5.81. The van der Waals surface area contributed by atoms with Gasteiger partial charge in [0.2, 0.25) is 0 Å². The van der Waals surface area contributed by atoms with E-state index in [4.69, 9.17) is 0 Å². The van der Waals surface area contributed by atoms with Gasteiger partial charge < -0.3 is 0 Å². The van der Waals surface area contributed by atoms with E-state index in [1.807, 2.05) is 43.3 Å². The smallest absolute Gasteiger partial charge is 0.158 e. The number of carbonyl (C=O) groups is 1. The molecule has 0 aliphatic carbocycles. The van der Waals surface area contributed by atoms with E-state index in [9.17, 15) is 4.79 Å². The Kier molecular flexibility index (Phi) is 4.68. The molecule has 1 rings (SSSR count). The van der Waals surface area contributed by atoms with Gasteiger partial charge in [0.15, 0.2) is 5.78 Å². The third-order valence-corrected chi connectivity index (χ3v) is 2.72. The number of allylic oxidation sites excluding steroid dienone is 1. The number of rotatable bonds is 4. The Morgan fingerprint density at radius 1 is 1.18 bits per heavy atom. The lowest BCUT2D eigenvalue weighted by Crippen LogP contribution is -2.09.